The van der Waals surface area contributed by atoms with E-state index in [1.165, 1.54) is 7.11 Å². The number of aliphatic imine (C=N–C) groups is 3. The van der Waals surface area contributed by atoms with Crippen LogP contribution in [-0.2, 0) is 19.1 Å². The molecule has 6 aliphatic rings. The molecule has 1 saturated carbocycles. The summed E-state index contributed by atoms with van der Waals surface area (Å²) in [5.41, 5.74) is 9.16. The predicted octanol–water partition coefficient (Wildman–Crippen LogP) is 5.29. The third-order valence-electron chi connectivity index (χ3n) is 9.40. The van der Waals surface area contributed by atoms with E-state index in [0.717, 1.165) is 28.7 Å². The number of hydrogen-bond acceptors (Lipinski definition) is 9. The summed E-state index contributed by atoms with van der Waals surface area (Å²) in [5.74, 6) is -3.83. The number of Topliss-reactive ketones (excluding diaryl/α,β-unsaturated/α-hetero) is 1. The van der Waals surface area contributed by atoms with Crippen LogP contribution in [0.15, 0.2) is 120 Å². The minimum Gasteiger partial charge on any atom is -0.515 e. The van der Waals surface area contributed by atoms with Gasteiger partial charge in [-0.2, -0.15) is 0 Å². The molecule has 10 heteroatoms. The van der Waals surface area contributed by atoms with Crippen molar-refractivity contribution in [2.45, 2.75) is 47.0 Å². The van der Waals surface area contributed by atoms with Gasteiger partial charge in [0.1, 0.15) is 5.92 Å². The van der Waals surface area contributed by atoms with Crippen molar-refractivity contribution >= 4 is 34.9 Å². The first-order valence-corrected chi connectivity index (χ1v) is 14.9. The summed E-state index contributed by atoms with van der Waals surface area (Å²) in [6.07, 6.45) is 9.09. The van der Waals surface area contributed by atoms with Crippen molar-refractivity contribution in [2.75, 3.05) is 7.11 Å². The number of aliphatic hydroxyl groups excluding tert-OH is 1. The second-order valence-electron chi connectivity index (χ2n) is 11.7. The number of carboxylic acid groups (broad SMARTS) is 1. The van der Waals surface area contributed by atoms with Crippen LogP contribution in [-0.4, -0.2) is 52.2 Å². The number of nitrogens with one attached hydrogen (secondary N) is 1. The molecule has 0 radical (unpaired) electrons. The first-order valence-electron chi connectivity index (χ1n) is 14.9. The molecule has 1 saturated heterocycles. The van der Waals surface area contributed by atoms with Crippen LogP contribution < -0.4 is 5.32 Å². The number of ether oxygens (including phenoxy) is 1. The lowest BCUT2D eigenvalue weighted by molar-refractivity contribution is -0.146. The summed E-state index contributed by atoms with van der Waals surface area (Å²) in [6, 6.07) is 0. The molecule has 45 heavy (non-hydrogen) atoms. The van der Waals surface area contributed by atoms with Gasteiger partial charge in [-0.15, -0.1) is 0 Å². The molecule has 1 aliphatic carbocycles. The van der Waals surface area contributed by atoms with Crippen molar-refractivity contribution in [3.05, 3.63) is 105 Å². The fourth-order valence-electron chi connectivity index (χ4n) is 6.99. The highest BCUT2D eigenvalue weighted by atomic mass is 16.5. The number of rotatable bonds is 6. The number of methoxy groups -OCH3 is 1. The Labute approximate surface area is 260 Å². The number of carbonyl (C=O) groups is 3. The summed E-state index contributed by atoms with van der Waals surface area (Å²) < 4.78 is 5.11. The van der Waals surface area contributed by atoms with Gasteiger partial charge in [-0.25, -0.2) is 15.0 Å². The number of aliphatic hydroxyl groups is 1. The maximum absolute atomic E-state index is 14.0. The van der Waals surface area contributed by atoms with Crippen molar-refractivity contribution in [1.82, 2.24) is 5.32 Å². The molecule has 5 heterocycles. The second-order valence-corrected chi connectivity index (χ2v) is 11.7. The van der Waals surface area contributed by atoms with Crippen molar-refractivity contribution in [2.24, 2.45) is 32.7 Å². The molecule has 3 N–H and O–H groups in total. The zero-order chi connectivity index (χ0) is 32.3. The van der Waals surface area contributed by atoms with Crippen LogP contribution in [0, 0.1) is 17.8 Å². The van der Waals surface area contributed by atoms with Gasteiger partial charge in [-0.3, -0.25) is 14.4 Å². The van der Waals surface area contributed by atoms with E-state index < -0.39 is 23.6 Å². The fraction of sp³-hybridized carbons (Fsp3) is 0.314. The van der Waals surface area contributed by atoms with Gasteiger partial charge >= 0.3 is 11.9 Å². The third-order valence-corrected chi connectivity index (χ3v) is 9.40. The van der Waals surface area contributed by atoms with Crippen molar-refractivity contribution in [3.8, 4) is 0 Å². The topological polar surface area (TPSA) is 150 Å². The Morgan fingerprint density at radius 2 is 1.84 bits per heavy atom. The maximum atomic E-state index is 14.0. The molecule has 1 unspecified atom stereocenters. The van der Waals surface area contributed by atoms with Crippen LogP contribution in [0.1, 0.15) is 47.0 Å². The smallest absolute Gasteiger partial charge is 0.321 e. The van der Waals surface area contributed by atoms with Gasteiger partial charge in [-0.1, -0.05) is 26.5 Å². The van der Waals surface area contributed by atoms with Gasteiger partial charge in [0.05, 0.1) is 47.6 Å². The summed E-state index contributed by atoms with van der Waals surface area (Å²) in [6.45, 7) is 11.7. The number of allylic oxidation sites excluding steroid dienone is 11. The van der Waals surface area contributed by atoms with Crippen LogP contribution in [0.3, 0.4) is 0 Å². The van der Waals surface area contributed by atoms with Crippen LogP contribution >= 0.6 is 0 Å². The molecule has 8 bridgehead atoms. The Morgan fingerprint density at radius 1 is 1.09 bits per heavy atom. The molecule has 230 valence electrons. The molecule has 0 amide bonds. The average molecular weight is 607 g/mol. The van der Waals surface area contributed by atoms with Crippen LogP contribution in [0.2, 0.25) is 0 Å². The van der Waals surface area contributed by atoms with E-state index in [4.69, 9.17) is 19.7 Å². The molecular weight excluding hydrogens is 572 g/mol. The van der Waals surface area contributed by atoms with E-state index in [-0.39, 0.29) is 24.7 Å². The van der Waals surface area contributed by atoms with E-state index in [0.29, 0.717) is 68.6 Å². The highest BCUT2D eigenvalue weighted by Gasteiger charge is 2.51. The Morgan fingerprint density at radius 3 is 2.49 bits per heavy atom. The quantitative estimate of drug-likeness (QED) is 0.211. The number of carbonyl (C=O) groups excluding carboxylic acids is 2. The summed E-state index contributed by atoms with van der Waals surface area (Å²) >= 11 is 0. The Hall–Kier alpha value is -5.12. The molecule has 5 aliphatic heterocycles. The number of aliphatic carboxylic acids is 1. The monoisotopic (exact) mass is 606 g/mol. The standard InChI is InChI=1S/C35H34N4O6/c1-7-18-15(3)22-11-23-16(4)20(9-10-28(41)42)32(38-23)30-31(35(44)45-6)34(43)29-17(5)24(39-33(29)30)12-26-19(8-2)21(14-40)27(37-26)13-25(18)36-22/h7,11-14,16,20,31,38,40H,1,8-10H2,2-6H3,(H,41,42)/b21-14-,23-11?,24-12?,25-13?,32-30?/t16-,20-,31?/m0/s1. The molecule has 3 atom stereocenters. The van der Waals surface area contributed by atoms with E-state index >= 15 is 0 Å². The van der Waals surface area contributed by atoms with Gasteiger partial charge in [-0.05, 0) is 61.6 Å². The average Bonchev–Trinajstić information content (AvgIpc) is 3.76. The number of nitrogens with zero attached hydrogens (tertiary/aromatic N) is 3. The van der Waals surface area contributed by atoms with E-state index in [2.05, 4.69) is 11.9 Å². The molecule has 2 fully saturated rings. The lowest BCUT2D eigenvalue weighted by Crippen LogP contribution is -2.26. The SMILES string of the molecule is C=CC1=C(C)C2=NC1=CC1=NC(=C(CC)/C1=C/O)C=C1N=C3C(=C1C)C(=O)C(C(=O)OC)C3=C1NC(=C2)[C@@H](C)[C@@H]1CCC(=O)O. The fourth-order valence-corrected chi connectivity index (χ4v) is 6.99. The highest BCUT2D eigenvalue weighted by molar-refractivity contribution is 6.42. The zero-order valence-corrected chi connectivity index (χ0v) is 25.8. The number of hydrogen-bond donors (Lipinski definition) is 3. The second kappa shape index (κ2) is 11.1. The summed E-state index contributed by atoms with van der Waals surface area (Å²) in [5, 5.41) is 23.4. The molecule has 0 aromatic heterocycles. The van der Waals surface area contributed by atoms with Crippen LogP contribution in [0.4, 0.5) is 0 Å². The lowest BCUT2D eigenvalue weighted by atomic mass is 9.85. The molecule has 0 aromatic carbocycles. The van der Waals surface area contributed by atoms with Gasteiger partial charge in [0.25, 0.3) is 0 Å². The number of carboxylic acids is 1. The van der Waals surface area contributed by atoms with E-state index in [1.807, 2.05) is 32.9 Å². The van der Waals surface area contributed by atoms with E-state index in [1.54, 1.807) is 19.1 Å². The van der Waals surface area contributed by atoms with E-state index in [9.17, 15) is 24.6 Å². The van der Waals surface area contributed by atoms with Crippen molar-refractivity contribution in [3.63, 3.8) is 0 Å². The van der Waals surface area contributed by atoms with Gasteiger partial charge in [0, 0.05) is 51.9 Å². The largest absolute Gasteiger partial charge is 0.515 e. The van der Waals surface area contributed by atoms with Crippen LogP contribution in [0.5, 0.6) is 0 Å². The normalized spacial score (nSPS) is 26.2. The van der Waals surface area contributed by atoms with Gasteiger partial charge < -0.3 is 20.3 Å². The first kappa shape index (κ1) is 29.9. The molecule has 0 aromatic rings. The lowest BCUT2D eigenvalue weighted by Gasteiger charge is -2.18. The summed E-state index contributed by atoms with van der Waals surface area (Å²) in [7, 11) is 1.24. The van der Waals surface area contributed by atoms with Crippen molar-refractivity contribution in [1.29, 1.82) is 0 Å². The Bertz CT molecular complexity index is 1870. The first-order chi connectivity index (χ1) is 21.5. The molecule has 6 rings (SSSR count). The number of fused-ring (bicyclic) bond motifs is 5. The zero-order valence-electron chi connectivity index (χ0n) is 25.8. The Kier molecular flexibility index (Phi) is 7.39. The molecule has 0 spiro atoms. The highest BCUT2D eigenvalue weighted by Crippen LogP contribution is 2.47. The maximum Gasteiger partial charge on any atom is 0.321 e. The minimum atomic E-state index is -1.24. The minimum absolute atomic E-state index is 0.0981. The third kappa shape index (κ3) is 4.54. The number of esters is 1. The predicted molar refractivity (Wildman–Crippen MR) is 170 cm³/mol. The van der Waals surface area contributed by atoms with Crippen molar-refractivity contribution < 1.29 is 29.3 Å². The van der Waals surface area contributed by atoms with Gasteiger partial charge in [0.15, 0.2) is 5.78 Å². The summed E-state index contributed by atoms with van der Waals surface area (Å²) in [4.78, 5) is 53.6. The van der Waals surface area contributed by atoms with Gasteiger partial charge in [0.2, 0.25) is 0 Å². The Balaban J connectivity index is 1.69. The molecule has 10 nitrogen and oxygen atoms in total. The number of ketones is 1. The molecular formula is C35H34N4O6. The van der Waals surface area contributed by atoms with Crippen LogP contribution in [0.25, 0.3) is 0 Å².